The summed E-state index contributed by atoms with van der Waals surface area (Å²) in [6, 6.07) is 19.4. The number of benzene rings is 2. The van der Waals surface area contributed by atoms with Gasteiger partial charge in [-0.1, -0.05) is 30.3 Å². The van der Waals surface area contributed by atoms with Gasteiger partial charge in [-0.05, 0) is 61.6 Å². The number of aryl methyl sites for hydroxylation is 2. The number of unbranched alkanes of at least 4 members (excludes halogenated alkanes) is 1. The van der Waals surface area contributed by atoms with Crippen molar-refractivity contribution in [3.8, 4) is 0 Å². The number of imide groups is 1. The SMILES string of the molecule is CNC(=O)c1cnc(Nc2ccc(C(=O)NCCCCc3cccc4c3n(C)c(=O)n4C3CCC(=O)NC3=O)cn2)cc1Nc1ccccc1. The molecule has 4 amide bonds. The molecular weight excluding hydrogens is 638 g/mol. The summed E-state index contributed by atoms with van der Waals surface area (Å²) in [6.07, 6.45) is 5.55. The van der Waals surface area contributed by atoms with Crippen molar-refractivity contribution in [2.75, 3.05) is 24.2 Å². The number of nitrogens with zero attached hydrogens (tertiary/aromatic N) is 4. The Kier molecular flexibility index (Phi) is 9.97. The molecule has 1 aliphatic rings. The summed E-state index contributed by atoms with van der Waals surface area (Å²) in [6.45, 7) is 0.448. The average molecular weight is 676 g/mol. The molecule has 1 saturated heterocycles. The summed E-state index contributed by atoms with van der Waals surface area (Å²) in [4.78, 5) is 71.3. The van der Waals surface area contributed by atoms with Gasteiger partial charge in [0.15, 0.2) is 0 Å². The predicted molar refractivity (Wildman–Crippen MR) is 189 cm³/mol. The lowest BCUT2D eigenvalue weighted by molar-refractivity contribution is -0.135. The van der Waals surface area contributed by atoms with Crippen LogP contribution in [0, 0.1) is 0 Å². The van der Waals surface area contributed by atoms with Crippen LogP contribution in [-0.2, 0) is 23.1 Å². The maximum absolute atomic E-state index is 13.2. The van der Waals surface area contributed by atoms with E-state index >= 15 is 0 Å². The zero-order valence-corrected chi connectivity index (χ0v) is 27.7. The monoisotopic (exact) mass is 675 g/mol. The molecule has 3 aromatic heterocycles. The highest BCUT2D eigenvalue weighted by molar-refractivity contribution is 6.01. The van der Waals surface area contributed by atoms with Crippen molar-refractivity contribution in [1.29, 1.82) is 0 Å². The van der Waals surface area contributed by atoms with Gasteiger partial charge in [0, 0.05) is 51.2 Å². The number of anilines is 4. The Labute approximate surface area is 287 Å². The van der Waals surface area contributed by atoms with Gasteiger partial charge < -0.3 is 21.3 Å². The summed E-state index contributed by atoms with van der Waals surface area (Å²) in [5, 5.41) is 14.3. The van der Waals surface area contributed by atoms with Gasteiger partial charge in [-0.25, -0.2) is 14.8 Å². The minimum atomic E-state index is -0.734. The van der Waals surface area contributed by atoms with Crippen molar-refractivity contribution in [2.24, 2.45) is 7.05 Å². The molecule has 5 N–H and O–H groups in total. The van der Waals surface area contributed by atoms with Crippen LogP contribution >= 0.6 is 0 Å². The standard InChI is InChI=1S/C36H37N9O5/c1-37-34(48)25-21-40-30(19-26(25)41-24-11-4-3-5-12-24)42-29-16-14-23(20-39-29)33(47)38-18-7-6-9-22-10-8-13-27-32(22)44(2)36(50)45(27)28-15-17-31(46)43-35(28)49/h3-5,8,10-14,16,19-21,28H,6-7,9,15,17-18H2,1-2H3,(H,37,48)(H,38,47)(H,43,46,49)(H2,39,40,41,42). The largest absolute Gasteiger partial charge is 0.355 e. The lowest BCUT2D eigenvalue weighted by atomic mass is 10.0. The van der Waals surface area contributed by atoms with Crippen LogP contribution in [0.15, 0.2) is 83.9 Å². The Morgan fingerprint density at radius 3 is 2.44 bits per heavy atom. The van der Waals surface area contributed by atoms with Crippen LogP contribution in [0.3, 0.4) is 0 Å². The molecule has 1 atom stereocenters. The molecule has 1 unspecified atom stereocenters. The molecule has 0 saturated carbocycles. The van der Waals surface area contributed by atoms with Crippen LogP contribution in [0.5, 0.6) is 0 Å². The lowest BCUT2D eigenvalue weighted by Gasteiger charge is -2.21. The van der Waals surface area contributed by atoms with E-state index in [1.54, 1.807) is 36.9 Å². The van der Waals surface area contributed by atoms with E-state index in [9.17, 15) is 24.0 Å². The van der Waals surface area contributed by atoms with Gasteiger partial charge in [-0.15, -0.1) is 0 Å². The van der Waals surface area contributed by atoms with Crippen LogP contribution in [0.1, 0.15) is 58.0 Å². The molecule has 0 spiro atoms. The summed E-state index contributed by atoms with van der Waals surface area (Å²) >= 11 is 0. The fourth-order valence-corrected chi connectivity index (χ4v) is 6.05. The molecule has 4 heterocycles. The fourth-order valence-electron chi connectivity index (χ4n) is 6.05. The molecule has 0 aliphatic carbocycles. The molecule has 0 bridgehead atoms. The van der Waals surface area contributed by atoms with E-state index in [2.05, 4.69) is 36.6 Å². The number of amides is 4. The van der Waals surface area contributed by atoms with Crippen molar-refractivity contribution >= 4 is 57.7 Å². The summed E-state index contributed by atoms with van der Waals surface area (Å²) in [7, 11) is 3.24. The number of rotatable bonds is 12. The predicted octanol–water partition coefficient (Wildman–Crippen LogP) is 3.71. The van der Waals surface area contributed by atoms with Crippen LogP contribution < -0.4 is 32.3 Å². The van der Waals surface area contributed by atoms with Crippen LogP contribution in [-0.4, -0.2) is 56.3 Å². The Bertz CT molecular complexity index is 2120. The number of piperidine rings is 1. The number of aromatic nitrogens is 4. The van der Waals surface area contributed by atoms with Gasteiger partial charge in [-0.2, -0.15) is 0 Å². The summed E-state index contributed by atoms with van der Waals surface area (Å²) < 4.78 is 3.04. The first-order valence-electron chi connectivity index (χ1n) is 16.3. The minimum Gasteiger partial charge on any atom is -0.355 e. The minimum absolute atomic E-state index is 0.184. The number of nitrogens with one attached hydrogen (secondary N) is 5. The Hall–Kier alpha value is -6.31. The van der Waals surface area contributed by atoms with Crippen molar-refractivity contribution in [1.82, 2.24) is 35.1 Å². The molecule has 5 aromatic rings. The highest BCUT2D eigenvalue weighted by atomic mass is 16.2. The molecular formula is C36H37N9O5. The molecule has 1 aliphatic heterocycles. The van der Waals surface area contributed by atoms with Crippen LogP contribution in [0.25, 0.3) is 11.0 Å². The van der Waals surface area contributed by atoms with Gasteiger partial charge >= 0.3 is 5.69 Å². The Morgan fingerprint density at radius 1 is 0.900 bits per heavy atom. The Balaban J connectivity index is 1.03. The molecule has 2 aromatic carbocycles. The van der Waals surface area contributed by atoms with E-state index in [-0.39, 0.29) is 36.3 Å². The number of hydrogen-bond acceptors (Lipinski definition) is 9. The van der Waals surface area contributed by atoms with Crippen LogP contribution in [0.2, 0.25) is 0 Å². The van der Waals surface area contributed by atoms with Crippen LogP contribution in [0.4, 0.5) is 23.0 Å². The smallest absolute Gasteiger partial charge is 0.329 e. The van der Waals surface area contributed by atoms with E-state index in [4.69, 9.17) is 0 Å². The number of fused-ring (bicyclic) bond motifs is 1. The second-order valence-corrected chi connectivity index (χ2v) is 11.9. The maximum Gasteiger partial charge on any atom is 0.329 e. The third-order valence-electron chi connectivity index (χ3n) is 8.58. The van der Waals surface area contributed by atoms with E-state index in [1.807, 2.05) is 48.5 Å². The fraction of sp³-hybridized carbons (Fsp3) is 0.250. The number of para-hydroxylation sites is 2. The van der Waals surface area contributed by atoms with Gasteiger partial charge in [0.1, 0.15) is 17.7 Å². The number of carbonyl (C=O) groups is 4. The molecule has 1 fully saturated rings. The number of pyridine rings is 2. The molecule has 14 nitrogen and oxygen atoms in total. The van der Waals surface area contributed by atoms with E-state index < -0.39 is 11.9 Å². The van der Waals surface area contributed by atoms with Crippen molar-refractivity contribution in [3.05, 3.63) is 106 Å². The lowest BCUT2D eigenvalue weighted by Crippen LogP contribution is -2.44. The van der Waals surface area contributed by atoms with Crippen molar-refractivity contribution < 1.29 is 19.2 Å². The summed E-state index contributed by atoms with van der Waals surface area (Å²) in [5.74, 6) is -0.385. The number of hydrogen-bond donors (Lipinski definition) is 5. The molecule has 0 radical (unpaired) electrons. The second kappa shape index (κ2) is 14.8. The molecule has 6 rings (SSSR count). The van der Waals surface area contributed by atoms with E-state index in [0.29, 0.717) is 53.4 Å². The normalized spacial score (nSPS) is 14.2. The third kappa shape index (κ3) is 7.23. The first kappa shape index (κ1) is 33.6. The number of carbonyl (C=O) groups excluding carboxylic acids is 4. The quantitative estimate of drug-likeness (QED) is 0.0973. The van der Waals surface area contributed by atoms with Gasteiger partial charge in [0.05, 0.1) is 27.8 Å². The van der Waals surface area contributed by atoms with E-state index in [0.717, 1.165) is 23.2 Å². The zero-order chi connectivity index (χ0) is 35.2. The van der Waals surface area contributed by atoms with E-state index in [1.165, 1.54) is 17.0 Å². The first-order valence-corrected chi connectivity index (χ1v) is 16.3. The molecule has 14 heteroatoms. The number of imidazole rings is 1. The molecule has 256 valence electrons. The third-order valence-corrected chi connectivity index (χ3v) is 8.58. The Morgan fingerprint density at radius 2 is 1.70 bits per heavy atom. The van der Waals surface area contributed by atoms with Gasteiger partial charge in [0.25, 0.3) is 11.8 Å². The second-order valence-electron chi connectivity index (χ2n) is 11.9. The highest BCUT2D eigenvalue weighted by Crippen LogP contribution is 2.27. The maximum atomic E-state index is 13.2. The average Bonchev–Trinajstić information content (AvgIpc) is 3.38. The van der Waals surface area contributed by atoms with Crippen molar-refractivity contribution in [3.63, 3.8) is 0 Å². The summed E-state index contributed by atoms with van der Waals surface area (Å²) in [5.41, 5.74) is 4.24. The van der Waals surface area contributed by atoms with Gasteiger partial charge in [-0.3, -0.25) is 33.6 Å². The zero-order valence-electron chi connectivity index (χ0n) is 27.7. The molecule has 50 heavy (non-hydrogen) atoms. The van der Waals surface area contributed by atoms with Gasteiger partial charge in [0.2, 0.25) is 11.8 Å². The topological polar surface area (TPSA) is 181 Å². The highest BCUT2D eigenvalue weighted by Gasteiger charge is 2.31. The van der Waals surface area contributed by atoms with Crippen molar-refractivity contribution in [2.45, 2.75) is 38.1 Å². The first-order chi connectivity index (χ1) is 24.2.